The third-order valence-electron chi connectivity index (χ3n) is 3.50. The second-order valence-electron chi connectivity index (χ2n) is 4.81. The molecule has 2 rings (SSSR count). The van der Waals surface area contributed by atoms with E-state index in [0.717, 1.165) is 0 Å². The number of aliphatic hydroxyl groups is 3. The minimum Gasteiger partial charge on any atom is -0.396 e. The van der Waals surface area contributed by atoms with Crippen LogP contribution in [0.2, 0.25) is 0 Å². The lowest BCUT2D eigenvalue weighted by atomic mass is 9.88. The van der Waals surface area contributed by atoms with E-state index in [2.05, 4.69) is 10.3 Å². The summed E-state index contributed by atoms with van der Waals surface area (Å²) in [5.41, 5.74) is 4.37. The molecule has 0 radical (unpaired) electrons. The van der Waals surface area contributed by atoms with E-state index in [4.69, 9.17) is 5.73 Å². The number of aromatic nitrogens is 3. The van der Waals surface area contributed by atoms with Gasteiger partial charge in [0.05, 0.1) is 31.6 Å². The van der Waals surface area contributed by atoms with E-state index in [9.17, 15) is 20.1 Å². The van der Waals surface area contributed by atoms with Gasteiger partial charge in [-0.1, -0.05) is 5.21 Å². The van der Waals surface area contributed by atoms with E-state index in [1.165, 1.54) is 10.9 Å². The summed E-state index contributed by atoms with van der Waals surface area (Å²) in [6.45, 7) is -0.428. The lowest BCUT2D eigenvalue weighted by Gasteiger charge is -2.23. The number of hydrogen-bond donors (Lipinski definition) is 4. The fourth-order valence-electron chi connectivity index (χ4n) is 2.37. The molecule has 0 unspecified atom stereocenters. The highest BCUT2D eigenvalue weighted by molar-refractivity contribution is 5.90. The van der Waals surface area contributed by atoms with Crippen molar-refractivity contribution in [3.8, 4) is 0 Å². The molecule has 1 aliphatic rings. The number of amides is 1. The predicted octanol–water partition coefficient (Wildman–Crippen LogP) is -1.96. The van der Waals surface area contributed by atoms with Crippen molar-refractivity contribution in [3.63, 3.8) is 0 Å². The van der Waals surface area contributed by atoms with Gasteiger partial charge >= 0.3 is 0 Å². The van der Waals surface area contributed by atoms with Crippen LogP contribution in [0, 0.1) is 5.41 Å². The first-order chi connectivity index (χ1) is 8.51. The Morgan fingerprint density at radius 2 is 2.17 bits per heavy atom. The smallest absolute Gasteiger partial charge is 0.270 e. The summed E-state index contributed by atoms with van der Waals surface area (Å²) in [5, 5.41) is 35.9. The van der Waals surface area contributed by atoms with Crippen LogP contribution in [0.4, 0.5) is 0 Å². The van der Waals surface area contributed by atoms with Gasteiger partial charge in [0.25, 0.3) is 5.91 Å². The van der Waals surface area contributed by atoms with Crippen LogP contribution in [0.1, 0.15) is 29.4 Å². The molecule has 8 heteroatoms. The minimum atomic E-state index is -0.758. The number of carbonyl (C=O) groups is 1. The van der Waals surface area contributed by atoms with E-state index in [0.29, 0.717) is 6.42 Å². The summed E-state index contributed by atoms with van der Waals surface area (Å²) >= 11 is 0. The van der Waals surface area contributed by atoms with E-state index >= 15 is 0 Å². The number of nitrogens with zero attached hydrogens (tertiary/aromatic N) is 3. The predicted molar refractivity (Wildman–Crippen MR) is 59.4 cm³/mol. The first-order valence-electron chi connectivity index (χ1n) is 5.63. The van der Waals surface area contributed by atoms with Crippen LogP contribution < -0.4 is 5.73 Å². The third-order valence-corrected chi connectivity index (χ3v) is 3.50. The Morgan fingerprint density at radius 1 is 1.50 bits per heavy atom. The van der Waals surface area contributed by atoms with Crippen LogP contribution in [0.25, 0.3) is 0 Å². The van der Waals surface area contributed by atoms with E-state index in [-0.39, 0.29) is 25.3 Å². The Kier molecular flexibility index (Phi) is 3.33. The molecular weight excluding hydrogens is 240 g/mol. The Labute approximate surface area is 103 Å². The maximum Gasteiger partial charge on any atom is 0.270 e. The Morgan fingerprint density at radius 3 is 2.61 bits per heavy atom. The second kappa shape index (κ2) is 4.63. The molecule has 1 aromatic heterocycles. The van der Waals surface area contributed by atoms with Gasteiger partial charge in [0.15, 0.2) is 5.69 Å². The fraction of sp³-hybridized carbons (Fsp3) is 0.700. The van der Waals surface area contributed by atoms with Crippen molar-refractivity contribution in [2.24, 2.45) is 11.1 Å². The van der Waals surface area contributed by atoms with E-state index in [1.54, 1.807) is 0 Å². The minimum absolute atomic E-state index is 0.0210. The van der Waals surface area contributed by atoms with Crippen LogP contribution >= 0.6 is 0 Å². The largest absolute Gasteiger partial charge is 0.396 e. The van der Waals surface area contributed by atoms with E-state index < -0.39 is 23.5 Å². The Hall–Kier alpha value is -1.51. The van der Waals surface area contributed by atoms with Crippen molar-refractivity contribution in [1.29, 1.82) is 0 Å². The lowest BCUT2D eigenvalue weighted by molar-refractivity contribution is 0.0466. The van der Waals surface area contributed by atoms with Crippen molar-refractivity contribution in [2.75, 3.05) is 13.2 Å². The van der Waals surface area contributed by atoms with Crippen molar-refractivity contribution >= 4 is 5.91 Å². The van der Waals surface area contributed by atoms with E-state index in [1.807, 2.05) is 0 Å². The van der Waals surface area contributed by atoms with Crippen molar-refractivity contribution in [1.82, 2.24) is 15.0 Å². The average Bonchev–Trinajstić information content (AvgIpc) is 2.94. The summed E-state index contributed by atoms with van der Waals surface area (Å²) in [7, 11) is 0. The first kappa shape index (κ1) is 12.9. The second-order valence-corrected chi connectivity index (χ2v) is 4.81. The van der Waals surface area contributed by atoms with Crippen LogP contribution in [-0.2, 0) is 0 Å². The van der Waals surface area contributed by atoms with Gasteiger partial charge in [-0.3, -0.25) is 4.79 Å². The summed E-state index contributed by atoms with van der Waals surface area (Å²) in [5.74, 6) is -0.690. The molecule has 1 aromatic rings. The molecular formula is C10H16N4O4. The number of hydrogen-bond acceptors (Lipinski definition) is 6. The molecule has 5 N–H and O–H groups in total. The normalized spacial score (nSPS) is 26.4. The van der Waals surface area contributed by atoms with Crippen molar-refractivity contribution < 1.29 is 20.1 Å². The molecule has 1 amide bonds. The molecule has 0 bridgehead atoms. The van der Waals surface area contributed by atoms with Gasteiger partial charge in [-0.25, -0.2) is 4.68 Å². The standard InChI is InChI=1S/C10H16N4O4/c11-9(18)6-3-14(13-12-6)7-1-10(4-15,5-16)2-8(7)17/h3,7-8,15-17H,1-2,4-5H2,(H2,11,18)/t7-,8-/m1/s1. The zero-order valence-electron chi connectivity index (χ0n) is 9.73. The number of nitrogens with two attached hydrogens (primary N) is 1. The molecule has 2 atom stereocenters. The van der Waals surface area contributed by atoms with Crippen LogP contribution in [0.3, 0.4) is 0 Å². The zero-order valence-corrected chi connectivity index (χ0v) is 9.73. The molecule has 0 aromatic carbocycles. The highest BCUT2D eigenvalue weighted by Crippen LogP contribution is 2.43. The van der Waals surface area contributed by atoms with Crippen molar-refractivity contribution in [3.05, 3.63) is 11.9 Å². The quantitative estimate of drug-likeness (QED) is 0.494. The SMILES string of the molecule is NC(=O)c1cn([C@@H]2CC(CO)(CO)C[C@H]2O)nn1. The molecule has 1 fully saturated rings. The Balaban J connectivity index is 2.21. The topological polar surface area (TPSA) is 134 Å². The molecule has 100 valence electrons. The summed E-state index contributed by atoms with van der Waals surface area (Å²) < 4.78 is 1.36. The van der Waals surface area contributed by atoms with Gasteiger partial charge in [-0.15, -0.1) is 5.10 Å². The zero-order chi connectivity index (χ0) is 13.3. The van der Waals surface area contributed by atoms with Gasteiger partial charge in [0.2, 0.25) is 0 Å². The molecule has 18 heavy (non-hydrogen) atoms. The van der Waals surface area contributed by atoms with Gasteiger partial charge in [0.1, 0.15) is 0 Å². The number of carbonyl (C=O) groups excluding carboxylic acids is 1. The highest BCUT2D eigenvalue weighted by Gasteiger charge is 2.45. The van der Waals surface area contributed by atoms with Crippen LogP contribution in [-0.4, -0.2) is 55.5 Å². The molecule has 1 heterocycles. The summed E-state index contributed by atoms with van der Waals surface area (Å²) in [6.07, 6.45) is 1.24. The Bertz CT molecular complexity index is 443. The maximum absolute atomic E-state index is 10.9. The fourth-order valence-corrected chi connectivity index (χ4v) is 2.37. The van der Waals surface area contributed by atoms with Gasteiger partial charge in [-0.2, -0.15) is 0 Å². The number of aliphatic hydroxyl groups excluding tert-OH is 3. The average molecular weight is 256 g/mol. The molecule has 1 saturated carbocycles. The maximum atomic E-state index is 10.9. The molecule has 0 spiro atoms. The molecule has 8 nitrogen and oxygen atoms in total. The van der Waals surface area contributed by atoms with Gasteiger partial charge in [0, 0.05) is 5.41 Å². The summed E-state index contributed by atoms with van der Waals surface area (Å²) in [4.78, 5) is 10.9. The molecule has 1 aliphatic carbocycles. The third kappa shape index (κ3) is 2.09. The van der Waals surface area contributed by atoms with Crippen LogP contribution in [0.5, 0.6) is 0 Å². The number of primary amides is 1. The monoisotopic (exact) mass is 256 g/mol. The summed E-state index contributed by atoms with van der Waals surface area (Å²) in [6, 6.07) is -0.426. The van der Waals surface area contributed by atoms with Crippen LogP contribution in [0.15, 0.2) is 6.20 Å². The molecule has 0 aliphatic heterocycles. The van der Waals surface area contributed by atoms with Gasteiger partial charge in [-0.05, 0) is 12.8 Å². The highest BCUT2D eigenvalue weighted by atomic mass is 16.3. The lowest BCUT2D eigenvalue weighted by Crippen LogP contribution is -2.27. The van der Waals surface area contributed by atoms with Gasteiger partial charge < -0.3 is 21.1 Å². The first-order valence-corrected chi connectivity index (χ1v) is 5.63. The molecule has 0 saturated heterocycles. The number of rotatable bonds is 4. The van der Waals surface area contributed by atoms with Crippen molar-refractivity contribution in [2.45, 2.75) is 25.0 Å².